The van der Waals surface area contributed by atoms with Gasteiger partial charge in [-0.15, -0.1) is 0 Å². The molecule has 2 aromatic carbocycles. The van der Waals surface area contributed by atoms with Crippen molar-refractivity contribution < 1.29 is 14.7 Å². The Labute approximate surface area is 189 Å². The highest BCUT2D eigenvalue weighted by atomic mass is 16.3. The van der Waals surface area contributed by atoms with Gasteiger partial charge < -0.3 is 15.3 Å². The van der Waals surface area contributed by atoms with Gasteiger partial charge in [-0.25, -0.2) is 0 Å². The van der Waals surface area contributed by atoms with Crippen LogP contribution in [0.25, 0.3) is 5.76 Å². The van der Waals surface area contributed by atoms with Gasteiger partial charge in [0.2, 0.25) is 0 Å². The Morgan fingerprint density at radius 2 is 1.66 bits per heavy atom. The number of carbonyl (C=O) groups is 2. The molecule has 32 heavy (non-hydrogen) atoms. The van der Waals surface area contributed by atoms with Crippen molar-refractivity contribution in [1.29, 1.82) is 0 Å². The molecule has 0 unspecified atom stereocenters. The Bertz CT molecular complexity index is 993. The third kappa shape index (κ3) is 4.47. The lowest BCUT2D eigenvalue weighted by atomic mass is 9.93. The topological polar surface area (TPSA) is 72.9 Å². The first-order valence-corrected chi connectivity index (χ1v) is 11.3. The number of carbonyl (C=O) groups excluding carboxylic acids is 2. The fourth-order valence-corrected chi connectivity index (χ4v) is 4.46. The number of hydrogen-bond acceptors (Lipinski definition) is 5. The van der Waals surface area contributed by atoms with Gasteiger partial charge in [-0.1, -0.05) is 68.4 Å². The normalized spacial score (nSPS) is 21.5. The number of piperazine rings is 1. The third-order valence-corrected chi connectivity index (χ3v) is 6.37. The van der Waals surface area contributed by atoms with E-state index in [0.29, 0.717) is 24.6 Å². The van der Waals surface area contributed by atoms with Gasteiger partial charge in [0.15, 0.2) is 0 Å². The van der Waals surface area contributed by atoms with Gasteiger partial charge in [-0.3, -0.25) is 14.5 Å². The first kappa shape index (κ1) is 22.2. The van der Waals surface area contributed by atoms with Crippen LogP contribution in [0, 0.1) is 0 Å². The lowest BCUT2D eigenvalue weighted by Crippen LogP contribution is -2.46. The minimum atomic E-state index is -0.621. The molecule has 2 N–H and O–H groups in total. The second-order valence-corrected chi connectivity index (χ2v) is 8.77. The van der Waals surface area contributed by atoms with Crippen LogP contribution in [0.5, 0.6) is 0 Å². The predicted molar refractivity (Wildman–Crippen MR) is 125 cm³/mol. The van der Waals surface area contributed by atoms with E-state index in [1.165, 1.54) is 5.56 Å². The van der Waals surface area contributed by atoms with Crippen LogP contribution in [0.15, 0.2) is 60.2 Å². The predicted octanol–water partition coefficient (Wildman–Crippen LogP) is 3.14. The maximum atomic E-state index is 13.1. The summed E-state index contributed by atoms with van der Waals surface area (Å²) in [4.78, 5) is 30.1. The molecule has 2 aliphatic heterocycles. The summed E-state index contributed by atoms with van der Waals surface area (Å²) in [6.45, 7) is 9.07. The van der Waals surface area contributed by atoms with Crippen molar-refractivity contribution in [2.45, 2.75) is 25.8 Å². The van der Waals surface area contributed by atoms with Crippen LogP contribution in [-0.4, -0.2) is 65.9 Å². The number of nitrogens with one attached hydrogen (secondary N) is 1. The van der Waals surface area contributed by atoms with Gasteiger partial charge in [0.05, 0.1) is 11.6 Å². The molecule has 2 aromatic rings. The summed E-state index contributed by atoms with van der Waals surface area (Å²) in [5, 5.41) is 14.4. The van der Waals surface area contributed by atoms with Crippen LogP contribution in [0.1, 0.15) is 42.5 Å². The summed E-state index contributed by atoms with van der Waals surface area (Å²) >= 11 is 0. The quantitative estimate of drug-likeness (QED) is 0.416. The van der Waals surface area contributed by atoms with E-state index in [4.69, 9.17) is 0 Å². The highest BCUT2D eigenvalue weighted by molar-refractivity contribution is 6.46. The summed E-state index contributed by atoms with van der Waals surface area (Å²) < 4.78 is 0. The van der Waals surface area contributed by atoms with E-state index >= 15 is 0 Å². The average Bonchev–Trinajstić information content (AvgIpc) is 3.08. The number of likely N-dealkylation sites (tertiary alicyclic amines) is 1. The van der Waals surface area contributed by atoms with E-state index in [2.05, 4.69) is 24.1 Å². The van der Waals surface area contributed by atoms with Gasteiger partial charge in [-0.2, -0.15) is 0 Å². The number of rotatable bonds is 6. The summed E-state index contributed by atoms with van der Waals surface area (Å²) in [6.07, 6.45) is 0. The highest BCUT2D eigenvalue weighted by Gasteiger charge is 2.46. The molecule has 4 rings (SSSR count). The van der Waals surface area contributed by atoms with Crippen molar-refractivity contribution in [2.24, 2.45) is 0 Å². The summed E-state index contributed by atoms with van der Waals surface area (Å²) in [7, 11) is 0. The number of ketones is 1. The molecule has 6 nitrogen and oxygen atoms in total. The van der Waals surface area contributed by atoms with Crippen LogP contribution < -0.4 is 5.32 Å². The first-order valence-electron chi connectivity index (χ1n) is 11.3. The molecule has 2 saturated heterocycles. The monoisotopic (exact) mass is 433 g/mol. The number of nitrogens with zero attached hydrogens (tertiary/aromatic N) is 2. The third-order valence-electron chi connectivity index (χ3n) is 6.37. The number of amides is 1. The van der Waals surface area contributed by atoms with Crippen LogP contribution in [0.3, 0.4) is 0 Å². The van der Waals surface area contributed by atoms with Gasteiger partial charge in [-0.05, 0) is 17.0 Å². The molecule has 6 heteroatoms. The second kappa shape index (κ2) is 9.67. The molecule has 0 saturated carbocycles. The van der Waals surface area contributed by atoms with E-state index in [-0.39, 0.29) is 11.3 Å². The number of hydrogen-bond donors (Lipinski definition) is 2. The van der Waals surface area contributed by atoms with E-state index in [1.54, 1.807) is 17.0 Å². The fraction of sp³-hybridized carbons (Fsp3) is 0.385. The molecular formula is C26H31N3O3. The van der Waals surface area contributed by atoms with Crippen molar-refractivity contribution in [1.82, 2.24) is 15.1 Å². The van der Waals surface area contributed by atoms with Gasteiger partial charge in [0, 0.05) is 44.8 Å². The van der Waals surface area contributed by atoms with Crippen LogP contribution in [0.2, 0.25) is 0 Å². The SMILES string of the molecule is CC(C)c1ccc([C@@H]2C(=C(O)c3ccccc3)C(=O)C(=O)N2CCN2CCNCC2)cc1. The van der Waals surface area contributed by atoms with Crippen LogP contribution in [-0.2, 0) is 9.59 Å². The Morgan fingerprint density at radius 1 is 1.00 bits per heavy atom. The van der Waals surface area contributed by atoms with Gasteiger partial charge in [0.25, 0.3) is 11.7 Å². The summed E-state index contributed by atoms with van der Waals surface area (Å²) in [5.74, 6) is -0.904. The standard InChI is InChI=1S/C26H31N3O3/c1-18(2)19-8-10-20(11-9-19)23-22(24(30)21-6-4-3-5-7-21)25(31)26(32)29(23)17-16-28-14-12-27-13-15-28/h3-11,18,23,27,30H,12-17H2,1-2H3/t23-/m1/s1. The van der Waals surface area contributed by atoms with E-state index in [1.807, 2.05) is 42.5 Å². The molecule has 0 aliphatic carbocycles. The van der Waals surface area contributed by atoms with E-state index < -0.39 is 17.7 Å². The maximum absolute atomic E-state index is 13.1. The molecule has 0 aromatic heterocycles. The minimum absolute atomic E-state index is 0.119. The largest absolute Gasteiger partial charge is 0.507 e. The summed E-state index contributed by atoms with van der Waals surface area (Å²) in [6, 6.07) is 16.4. The molecule has 2 heterocycles. The zero-order valence-corrected chi connectivity index (χ0v) is 18.8. The molecule has 1 atom stereocenters. The van der Waals surface area contributed by atoms with Crippen molar-refractivity contribution in [3.05, 3.63) is 76.9 Å². The zero-order chi connectivity index (χ0) is 22.7. The fourth-order valence-electron chi connectivity index (χ4n) is 4.46. The van der Waals surface area contributed by atoms with Gasteiger partial charge in [0.1, 0.15) is 5.76 Å². The lowest BCUT2D eigenvalue weighted by molar-refractivity contribution is -0.140. The molecule has 2 aliphatic rings. The molecule has 168 valence electrons. The Hall–Kier alpha value is -2.96. The number of benzene rings is 2. The molecule has 0 bridgehead atoms. The maximum Gasteiger partial charge on any atom is 0.295 e. The highest BCUT2D eigenvalue weighted by Crippen LogP contribution is 2.39. The molecule has 1 amide bonds. The van der Waals surface area contributed by atoms with Gasteiger partial charge >= 0.3 is 0 Å². The van der Waals surface area contributed by atoms with Crippen LogP contribution in [0.4, 0.5) is 0 Å². The number of aliphatic hydroxyl groups is 1. The van der Waals surface area contributed by atoms with Crippen molar-refractivity contribution >= 4 is 17.4 Å². The first-order chi connectivity index (χ1) is 15.5. The van der Waals surface area contributed by atoms with Crippen molar-refractivity contribution in [3.8, 4) is 0 Å². The van der Waals surface area contributed by atoms with E-state index in [9.17, 15) is 14.7 Å². The minimum Gasteiger partial charge on any atom is -0.507 e. The Morgan fingerprint density at radius 3 is 2.28 bits per heavy atom. The molecule has 0 radical (unpaired) electrons. The van der Waals surface area contributed by atoms with E-state index in [0.717, 1.165) is 31.7 Å². The molecule has 0 spiro atoms. The van der Waals surface area contributed by atoms with Crippen LogP contribution >= 0.6 is 0 Å². The number of Topliss-reactive ketones (excluding diaryl/α,β-unsaturated/α-hetero) is 1. The second-order valence-electron chi connectivity index (χ2n) is 8.77. The summed E-state index contributed by atoms with van der Waals surface area (Å²) in [5.41, 5.74) is 2.73. The average molecular weight is 434 g/mol. The smallest absolute Gasteiger partial charge is 0.295 e. The Balaban J connectivity index is 1.72. The van der Waals surface area contributed by atoms with Crippen molar-refractivity contribution in [2.75, 3.05) is 39.3 Å². The Kier molecular flexibility index (Phi) is 6.72. The molecular weight excluding hydrogens is 402 g/mol. The lowest BCUT2D eigenvalue weighted by Gasteiger charge is -2.31. The van der Waals surface area contributed by atoms with Crippen molar-refractivity contribution in [3.63, 3.8) is 0 Å². The zero-order valence-electron chi connectivity index (χ0n) is 18.8. The molecule has 2 fully saturated rings. The number of aliphatic hydroxyl groups excluding tert-OH is 1.